The second-order valence-electron chi connectivity index (χ2n) is 7.09. The van der Waals surface area contributed by atoms with Crippen LogP contribution in [0.15, 0.2) is 48.5 Å². The van der Waals surface area contributed by atoms with Crippen LogP contribution in [0.2, 0.25) is 0 Å². The number of carbonyl (C=O) groups is 2. The van der Waals surface area contributed by atoms with Gasteiger partial charge in [0.1, 0.15) is 0 Å². The first-order valence-corrected chi connectivity index (χ1v) is 10.1. The number of rotatable bonds is 6. The molecule has 0 heterocycles. The third-order valence-corrected chi connectivity index (χ3v) is 5.78. The summed E-state index contributed by atoms with van der Waals surface area (Å²) in [5.41, 5.74) is 2.50. The number of nitrogens with one attached hydrogen (secondary N) is 1. The highest BCUT2D eigenvalue weighted by molar-refractivity contribution is 14.1. The Morgan fingerprint density at radius 3 is 2.31 bits per heavy atom. The van der Waals surface area contributed by atoms with E-state index in [-0.39, 0.29) is 11.8 Å². The maximum absolute atomic E-state index is 13.0. The van der Waals surface area contributed by atoms with E-state index in [2.05, 4.69) is 27.9 Å². The van der Waals surface area contributed by atoms with E-state index in [1.165, 1.54) is 0 Å². The predicted octanol–water partition coefficient (Wildman–Crippen LogP) is 3.99. The van der Waals surface area contributed by atoms with Gasteiger partial charge in [-0.3, -0.25) is 9.59 Å². The quantitative estimate of drug-likeness (QED) is 0.663. The van der Waals surface area contributed by atoms with Crippen LogP contribution in [0, 0.1) is 3.57 Å². The number of hydrogen-bond acceptors (Lipinski definition) is 2. The summed E-state index contributed by atoms with van der Waals surface area (Å²) in [5, 5.41) is 3.00. The molecule has 2 aromatic rings. The van der Waals surface area contributed by atoms with Crippen molar-refractivity contribution in [1.82, 2.24) is 10.2 Å². The zero-order chi connectivity index (χ0) is 18.1. The van der Waals surface area contributed by atoms with E-state index in [0.29, 0.717) is 24.2 Å². The van der Waals surface area contributed by atoms with E-state index in [1.54, 1.807) is 0 Å². The van der Waals surface area contributed by atoms with E-state index >= 15 is 0 Å². The molecule has 5 heteroatoms. The average molecular weight is 460 g/mol. The third kappa shape index (κ3) is 4.09. The number of carbonyl (C=O) groups excluding carboxylic acids is 2. The molecule has 2 amide bonds. The zero-order valence-electron chi connectivity index (χ0n) is 14.5. The molecule has 0 spiro atoms. The number of amides is 2. The maximum Gasteiger partial charge on any atom is 0.255 e. The minimum atomic E-state index is -0.00647. The van der Waals surface area contributed by atoms with Crippen LogP contribution in [-0.4, -0.2) is 28.8 Å². The van der Waals surface area contributed by atoms with Crippen LogP contribution < -0.4 is 5.32 Å². The summed E-state index contributed by atoms with van der Waals surface area (Å²) in [6.45, 7) is 0.582. The summed E-state index contributed by atoms with van der Waals surface area (Å²) in [6.07, 6.45) is 4.30. The van der Waals surface area contributed by atoms with Crippen molar-refractivity contribution in [3.8, 4) is 0 Å². The molecule has 0 radical (unpaired) electrons. The number of hydrogen-bond donors (Lipinski definition) is 1. The Morgan fingerprint density at radius 2 is 1.69 bits per heavy atom. The lowest BCUT2D eigenvalue weighted by molar-refractivity contribution is 0.0728. The molecule has 2 aromatic carbocycles. The van der Waals surface area contributed by atoms with Gasteiger partial charge >= 0.3 is 0 Å². The molecule has 26 heavy (non-hydrogen) atoms. The molecular formula is C21H21IN2O2. The Kier molecular flexibility index (Phi) is 4.98. The van der Waals surface area contributed by atoms with Gasteiger partial charge in [-0.2, -0.15) is 0 Å². The van der Waals surface area contributed by atoms with Crippen LogP contribution in [0.3, 0.4) is 0 Å². The zero-order valence-corrected chi connectivity index (χ0v) is 16.6. The fraction of sp³-hybridized carbons (Fsp3) is 0.333. The molecule has 0 unspecified atom stereocenters. The molecule has 4 rings (SSSR count). The van der Waals surface area contributed by atoms with Gasteiger partial charge in [0.05, 0.1) is 5.56 Å². The Morgan fingerprint density at radius 1 is 1.00 bits per heavy atom. The normalized spacial score (nSPS) is 16.2. The summed E-state index contributed by atoms with van der Waals surface area (Å²) < 4.78 is 0.979. The van der Waals surface area contributed by atoms with Crippen molar-refractivity contribution in [3.63, 3.8) is 0 Å². The van der Waals surface area contributed by atoms with Crippen LogP contribution in [0.4, 0.5) is 0 Å². The van der Waals surface area contributed by atoms with Crippen molar-refractivity contribution in [2.45, 2.75) is 44.3 Å². The second-order valence-corrected chi connectivity index (χ2v) is 8.25. The lowest BCUT2D eigenvalue weighted by Crippen LogP contribution is -2.33. The molecule has 0 atom stereocenters. The van der Waals surface area contributed by atoms with Gasteiger partial charge in [0, 0.05) is 27.8 Å². The van der Waals surface area contributed by atoms with Crippen LogP contribution >= 0.6 is 22.6 Å². The standard InChI is InChI=1S/C21H21IN2O2/c22-19-4-2-1-3-18(19)21(26)24(17-11-12-17)13-14-5-7-15(8-6-14)20(25)23-16-9-10-16/h1-8,16-17H,9-13H2,(H,23,25). The molecule has 0 saturated heterocycles. The topological polar surface area (TPSA) is 49.4 Å². The first-order chi connectivity index (χ1) is 12.6. The minimum Gasteiger partial charge on any atom is -0.349 e. The van der Waals surface area contributed by atoms with Gasteiger partial charge in [-0.15, -0.1) is 0 Å². The summed E-state index contributed by atoms with van der Waals surface area (Å²) in [5.74, 6) is 0.0843. The summed E-state index contributed by atoms with van der Waals surface area (Å²) in [6, 6.07) is 16.0. The Bertz CT molecular complexity index is 826. The second kappa shape index (κ2) is 7.39. The van der Waals surface area contributed by atoms with Crippen molar-refractivity contribution in [2.24, 2.45) is 0 Å². The monoisotopic (exact) mass is 460 g/mol. The lowest BCUT2D eigenvalue weighted by Gasteiger charge is -2.23. The molecular weight excluding hydrogens is 439 g/mol. The van der Waals surface area contributed by atoms with E-state index < -0.39 is 0 Å². The molecule has 0 aromatic heterocycles. The van der Waals surface area contributed by atoms with E-state index in [0.717, 1.165) is 40.4 Å². The SMILES string of the molecule is O=C(NC1CC1)c1ccc(CN(C(=O)c2ccccc2I)C2CC2)cc1. The third-order valence-electron chi connectivity index (χ3n) is 4.83. The van der Waals surface area contributed by atoms with Gasteiger partial charge in [0.2, 0.25) is 0 Å². The highest BCUT2D eigenvalue weighted by atomic mass is 127. The van der Waals surface area contributed by atoms with Gasteiger partial charge in [0.15, 0.2) is 0 Å². The van der Waals surface area contributed by atoms with Crippen LogP contribution in [0.5, 0.6) is 0 Å². The highest BCUT2D eigenvalue weighted by Crippen LogP contribution is 2.30. The molecule has 2 fully saturated rings. The van der Waals surface area contributed by atoms with Crippen molar-refractivity contribution >= 4 is 34.4 Å². The largest absolute Gasteiger partial charge is 0.349 e. The summed E-state index contributed by atoms with van der Waals surface area (Å²) in [7, 11) is 0. The summed E-state index contributed by atoms with van der Waals surface area (Å²) in [4.78, 5) is 27.1. The van der Waals surface area contributed by atoms with Crippen molar-refractivity contribution in [2.75, 3.05) is 0 Å². The van der Waals surface area contributed by atoms with Crippen molar-refractivity contribution in [1.29, 1.82) is 0 Å². The Labute approximate surface area is 167 Å². The predicted molar refractivity (Wildman–Crippen MR) is 109 cm³/mol. The van der Waals surface area contributed by atoms with Crippen LogP contribution in [0.25, 0.3) is 0 Å². The first kappa shape index (κ1) is 17.5. The molecule has 1 N–H and O–H groups in total. The van der Waals surface area contributed by atoms with E-state index in [9.17, 15) is 9.59 Å². The number of benzene rings is 2. The van der Waals surface area contributed by atoms with Crippen molar-refractivity contribution in [3.05, 3.63) is 68.8 Å². The molecule has 2 aliphatic rings. The minimum absolute atomic E-state index is 0.00647. The Hall–Kier alpha value is -1.89. The molecule has 2 saturated carbocycles. The Balaban J connectivity index is 1.47. The maximum atomic E-state index is 13.0. The average Bonchev–Trinajstić information content (AvgIpc) is 3.54. The van der Waals surface area contributed by atoms with Crippen molar-refractivity contribution < 1.29 is 9.59 Å². The van der Waals surface area contributed by atoms with E-state index in [1.807, 2.05) is 53.4 Å². The molecule has 134 valence electrons. The smallest absolute Gasteiger partial charge is 0.255 e. The molecule has 2 aliphatic carbocycles. The van der Waals surface area contributed by atoms with E-state index in [4.69, 9.17) is 0 Å². The fourth-order valence-corrected chi connectivity index (χ4v) is 3.62. The highest BCUT2D eigenvalue weighted by Gasteiger charge is 2.33. The molecule has 4 nitrogen and oxygen atoms in total. The summed E-state index contributed by atoms with van der Waals surface area (Å²) >= 11 is 2.22. The number of halogens is 1. The molecule has 0 aliphatic heterocycles. The number of nitrogens with zero attached hydrogens (tertiary/aromatic N) is 1. The van der Waals surface area contributed by atoms with Gasteiger partial charge in [-0.05, 0) is 78.1 Å². The molecule has 0 bridgehead atoms. The van der Waals surface area contributed by atoms with Crippen LogP contribution in [0.1, 0.15) is 52.0 Å². The van der Waals surface area contributed by atoms with Gasteiger partial charge in [-0.1, -0.05) is 24.3 Å². The lowest BCUT2D eigenvalue weighted by atomic mass is 10.1. The fourth-order valence-electron chi connectivity index (χ4n) is 3.00. The van der Waals surface area contributed by atoms with Crippen LogP contribution in [-0.2, 0) is 6.54 Å². The van der Waals surface area contributed by atoms with Gasteiger partial charge in [0.25, 0.3) is 11.8 Å². The van der Waals surface area contributed by atoms with Gasteiger partial charge < -0.3 is 10.2 Å². The first-order valence-electron chi connectivity index (χ1n) is 9.07. The van der Waals surface area contributed by atoms with Gasteiger partial charge in [-0.25, -0.2) is 0 Å².